The van der Waals surface area contributed by atoms with Crippen LogP contribution in [-0.4, -0.2) is 104 Å². The van der Waals surface area contributed by atoms with E-state index in [1.165, 1.54) is 61.1 Å². The first-order valence-corrected chi connectivity index (χ1v) is 20.9. The van der Waals surface area contributed by atoms with Crippen LogP contribution in [-0.2, 0) is 40.8 Å². The molecule has 5 atom stereocenters. The van der Waals surface area contributed by atoms with E-state index in [0.717, 1.165) is 9.87 Å². The zero-order valence-corrected chi connectivity index (χ0v) is 33.2. The molecule has 2 aliphatic heterocycles. The Labute approximate surface area is 331 Å². The molecule has 2 aliphatic rings. The number of methoxy groups -OCH3 is 2. The molecule has 6 rings (SSSR count). The lowest BCUT2D eigenvalue weighted by Gasteiger charge is -2.41. The minimum absolute atomic E-state index is 0.00497. The second-order valence-corrected chi connectivity index (χ2v) is 17.1. The number of sulfonamides is 2. The van der Waals surface area contributed by atoms with E-state index in [1.54, 1.807) is 53.8 Å². The van der Waals surface area contributed by atoms with Gasteiger partial charge in [0.05, 0.1) is 30.6 Å². The van der Waals surface area contributed by atoms with E-state index in [0.29, 0.717) is 36.3 Å². The Bertz CT molecular complexity index is 2150. The highest BCUT2D eigenvalue weighted by molar-refractivity contribution is 7.89. The van der Waals surface area contributed by atoms with Crippen LogP contribution in [0.15, 0.2) is 107 Å². The van der Waals surface area contributed by atoms with Crippen LogP contribution in [0.4, 0.5) is 0 Å². The smallest absolute Gasteiger partial charge is 0.264 e. The number of pyridine rings is 2. The number of hydroxylamine groups is 2. The van der Waals surface area contributed by atoms with E-state index < -0.39 is 50.0 Å². The largest absolute Gasteiger partial charge is 0.497 e. The number of ether oxygens (including phenoxy) is 3. The van der Waals surface area contributed by atoms with E-state index >= 15 is 0 Å². The summed E-state index contributed by atoms with van der Waals surface area (Å²) < 4.78 is 71.1. The van der Waals surface area contributed by atoms with Crippen molar-refractivity contribution in [3.05, 3.63) is 109 Å². The molecule has 306 valence electrons. The fourth-order valence-electron chi connectivity index (χ4n) is 7.14. The predicted molar refractivity (Wildman–Crippen MR) is 204 cm³/mol. The van der Waals surface area contributed by atoms with Gasteiger partial charge in [-0.05, 0) is 97.3 Å². The van der Waals surface area contributed by atoms with Gasteiger partial charge in [-0.15, -0.1) is 0 Å². The molecule has 0 spiro atoms. The van der Waals surface area contributed by atoms with Crippen LogP contribution in [0.2, 0.25) is 0 Å². The molecule has 2 saturated heterocycles. The van der Waals surface area contributed by atoms with E-state index in [-0.39, 0.29) is 41.3 Å². The lowest BCUT2D eigenvalue weighted by molar-refractivity contribution is -0.143. The zero-order valence-electron chi connectivity index (χ0n) is 31.5. The quantitative estimate of drug-likeness (QED) is 0.119. The number of carbonyl (C=O) groups excluding carboxylic acids is 2. The molecule has 4 N–H and O–H groups in total. The predicted octanol–water partition coefficient (Wildman–Crippen LogP) is 2.97. The first kappa shape index (κ1) is 43.1. The van der Waals surface area contributed by atoms with Crippen molar-refractivity contribution in [1.82, 2.24) is 29.5 Å². The van der Waals surface area contributed by atoms with Gasteiger partial charge in [0, 0.05) is 43.4 Å². The number of nitrogens with zero attached hydrogens (tertiary/aromatic N) is 4. The minimum Gasteiger partial charge on any atom is -0.497 e. The average Bonchev–Trinajstić information content (AvgIpc) is 3.26. The number of piperidine rings is 1. The molecular weight excluding hydrogens is 781 g/mol. The first-order valence-electron chi connectivity index (χ1n) is 18.0. The van der Waals surface area contributed by atoms with Crippen molar-refractivity contribution in [2.24, 2.45) is 11.8 Å². The van der Waals surface area contributed by atoms with Gasteiger partial charge >= 0.3 is 0 Å². The fourth-order valence-corrected chi connectivity index (χ4v) is 10.4. The Kier molecular flexibility index (Phi) is 14.7. The van der Waals surface area contributed by atoms with Gasteiger partial charge in [-0.1, -0.05) is 19.1 Å². The van der Waals surface area contributed by atoms with Gasteiger partial charge in [0.25, 0.3) is 11.8 Å². The summed E-state index contributed by atoms with van der Waals surface area (Å²) in [4.78, 5) is 33.2. The molecule has 19 heteroatoms. The summed E-state index contributed by atoms with van der Waals surface area (Å²) in [6, 6.07) is 16.8. The maximum atomic E-state index is 13.4. The van der Waals surface area contributed by atoms with Gasteiger partial charge in [-0.25, -0.2) is 27.8 Å². The molecule has 0 bridgehead atoms. The van der Waals surface area contributed by atoms with E-state index in [9.17, 15) is 31.6 Å². The molecule has 0 aliphatic carbocycles. The highest BCUT2D eigenvalue weighted by atomic mass is 32.2. The molecule has 4 aromatic rings. The topological polar surface area (TPSA) is 227 Å². The maximum absolute atomic E-state index is 13.4. The van der Waals surface area contributed by atoms with Crippen molar-refractivity contribution in [3.8, 4) is 11.5 Å². The number of carbonyl (C=O) groups is 2. The Morgan fingerprint density at radius 2 is 1.32 bits per heavy atom. The highest BCUT2D eigenvalue weighted by Gasteiger charge is 2.46. The first-order chi connectivity index (χ1) is 27.4. The van der Waals surface area contributed by atoms with Crippen molar-refractivity contribution >= 4 is 31.9 Å². The lowest BCUT2D eigenvalue weighted by atomic mass is 9.78. The van der Waals surface area contributed by atoms with Crippen molar-refractivity contribution < 1.29 is 51.0 Å². The molecule has 0 radical (unpaired) electrons. The van der Waals surface area contributed by atoms with E-state index in [4.69, 9.17) is 19.4 Å². The van der Waals surface area contributed by atoms with Crippen LogP contribution in [0, 0.1) is 11.8 Å². The summed E-state index contributed by atoms with van der Waals surface area (Å²) in [5.74, 6) is -0.797. The molecule has 57 heavy (non-hydrogen) atoms. The lowest BCUT2D eigenvalue weighted by Crippen LogP contribution is -2.56. The Hall–Kier alpha value is -5.02. The van der Waals surface area contributed by atoms with Gasteiger partial charge in [0.15, 0.2) is 0 Å². The third kappa shape index (κ3) is 9.93. The molecule has 2 aromatic carbocycles. The van der Waals surface area contributed by atoms with E-state index in [2.05, 4.69) is 9.97 Å². The second kappa shape index (κ2) is 19.4. The van der Waals surface area contributed by atoms with Crippen LogP contribution in [0.5, 0.6) is 11.5 Å². The molecule has 2 amide bonds. The monoisotopic (exact) mass is 826 g/mol. The number of morpholine rings is 1. The molecule has 17 nitrogen and oxygen atoms in total. The number of nitrogens with one attached hydrogen (secondary N) is 2. The summed E-state index contributed by atoms with van der Waals surface area (Å²) in [5, 5.41) is 18.5. The van der Waals surface area contributed by atoms with Crippen molar-refractivity contribution in [1.29, 1.82) is 0 Å². The number of hydrogen-bond donors (Lipinski definition) is 4. The molecular formula is C38H46N6O11S2. The molecule has 0 saturated carbocycles. The minimum atomic E-state index is -4.03. The normalized spacial score (nSPS) is 20.9. The average molecular weight is 827 g/mol. The molecule has 2 fully saturated rings. The number of benzene rings is 2. The number of amides is 2. The van der Waals surface area contributed by atoms with Crippen LogP contribution in [0.3, 0.4) is 0 Å². The number of rotatable bonds is 12. The van der Waals surface area contributed by atoms with Crippen molar-refractivity contribution in [3.63, 3.8) is 0 Å². The van der Waals surface area contributed by atoms with Gasteiger partial charge in [0.2, 0.25) is 20.0 Å². The van der Waals surface area contributed by atoms with Gasteiger partial charge < -0.3 is 14.2 Å². The van der Waals surface area contributed by atoms with Crippen molar-refractivity contribution in [2.75, 3.05) is 33.9 Å². The number of aromatic nitrogens is 2. The van der Waals surface area contributed by atoms with Gasteiger partial charge in [-0.2, -0.15) is 8.61 Å². The Balaban J connectivity index is 0.000000219. The summed E-state index contributed by atoms with van der Waals surface area (Å²) in [6.45, 7) is 2.26. The standard InChI is InChI=1S/C21H27N3O5S.C17H19N3O6S/c1-15(13-16-5-3-11-22-14-16)19-6-4-12-24(20(19)21(25)23-26)30(27,28)18-9-7-17(29-2)8-10-18;1-25-13-4-6-14(7-5-13)27(23,24)20-9-10-26-16(15(20)17(21)19-22)12-3-2-8-18-11-12/h3,5,7-11,14-15,19-20,26H,4,6,12-13H2,1-2H3,(H,23,25);2-8,11,15-16,22H,9-10H2,1H3,(H,19,21)/t15?,19-,20+;/m1./s1. The number of hydrogen-bond acceptors (Lipinski definition) is 13. The molecule has 4 heterocycles. The van der Waals surface area contributed by atoms with E-state index in [1.807, 2.05) is 19.1 Å². The zero-order chi connectivity index (χ0) is 41.2. The Morgan fingerprint density at radius 3 is 1.81 bits per heavy atom. The molecule has 2 aromatic heterocycles. The van der Waals surface area contributed by atoms with Crippen LogP contribution in [0.1, 0.15) is 37.0 Å². The second-order valence-electron chi connectivity index (χ2n) is 13.4. The highest BCUT2D eigenvalue weighted by Crippen LogP contribution is 2.36. The fraction of sp³-hybridized carbons (Fsp3) is 0.368. The SMILES string of the molecule is COc1ccc(S(=O)(=O)N2CCC[C@H](C(C)Cc3cccnc3)[C@H]2C(=O)NO)cc1.COc1ccc(S(=O)(=O)N2CCOC(c3cccnc3)C2C(=O)NO)cc1. The Morgan fingerprint density at radius 1 is 0.789 bits per heavy atom. The van der Waals surface area contributed by atoms with Crippen LogP contribution >= 0.6 is 0 Å². The summed E-state index contributed by atoms with van der Waals surface area (Å²) in [6.07, 6.45) is 7.58. The third-order valence-corrected chi connectivity index (χ3v) is 13.7. The van der Waals surface area contributed by atoms with Gasteiger partial charge in [0.1, 0.15) is 29.7 Å². The maximum Gasteiger partial charge on any atom is 0.264 e. The third-order valence-electron chi connectivity index (χ3n) is 9.95. The summed E-state index contributed by atoms with van der Waals surface area (Å²) in [7, 11) is -4.98. The summed E-state index contributed by atoms with van der Waals surface area (Å²) >= 11 is 0. The van der Waals surface area contributed by atoms with Crippen LogP contribution < -0.4 is 20.4 Å². The van der Waals surface area contributed by atoms with Crippen LogP contribution in [0.25, 0.3) is 0 Å². The van der Waals surface area contributed by atoms with Crippen molar-refractivity contribution in [2.45, 2.75) is 54.2 Å². The summed E-state index contributed by atoms with van der Waals surface area (Å²) in [5.41, 5.74) is 4.76. The van der Waals surface area contributed by atoms with Gasteiger partial charge in [-0.3, -0.25) is 30.0 Å². The molecule has 3 unspecified atom stereocenters.